The summed E-state index contributed by atoms with van der Waals surface area (Å²) in [6.45, 7) is 1.15. The Labute approximate surface area is 95.6 Å². The number of hydrogen-bond acceptors (Lipinski definition) is 6. The Morgan fingerprint density at radius 1 is 1.31 bits per heavy atom. The van der Waals surface area contributed by atoms with Crippen LogP contribution in [-0.2, 0) is 15.7 Å². The van der Waals surface area contributed by atoms with Gasteiger partial charge in [0.2, 0.25) is 0 Å². The van der Waals surface area contributed by atoms with Gasteiger partial charge in [0.05, 0.1) is 23.6 Å². The van der Waals surface area contributed by atoms with Gasteiger partial charge in [0.15, 0.2) is 6.29 Å². The van der Waals surface area contributed by atoms with Gasteiger partial charge in [-0.3, -0.25) is 0 Å². The van der Waals surface area contributed by atoms with Gasteiger partial charge in [-0.25, -0.2) is 8.93 Å². The summed E-state index contributed by atoms with van der Waals surface area (Å²) in [6, 6.07) is -1.04. The van der Waals surface area contributed by atoms with Crippen LogP contribution >= 0.6 is 0 Å². The molecule has 16 heavy (non-hydrogen) atoms. The van der Waals surface area contributed by atoms with Crippen LogP contribution in [0.15, 0.2) is 0 Å². The van der Waals surface area contributed by atoms with Crippen molar-refractivity contribution in [3.8, 4) is 0 Å². The molecule has 0 aromatic rings. The summed E-state index contributed by atoms with van der Waals surface area (Å²) in [5.74, 6) is 0.301. The first-order chi connectivity index (χ1) is 7.51. The van der Waals surface area contributed by atoms with Gasteiger partial charge < -0.3 is 25.2 Å². The van der Waals surface area contributed by atoms with Crippen LogP contribution in [0.4, 0.5) is 0 Å². The minimum atomic E-state index is -1.42. The number of aliphatic hydroxyl groups is 4. The highest BCUT2D eigenvalue weighted by molar-refractivity contribution is 7.83. The van der Waals surface area contributed by atoms with Crippen LogP contribution < -0.4 is 4.72 Å². The summed E-state index contributed by atoms with van der Waals surface area (Å²) < 4.78 is 18.5. The molecule has 6 unspecified atom stereocenters. The predicted octanol–water partition coefficient (Wildman–Crippen LogP) is -2.94. The van der Waals surface area contributed by atoms with Gasteiger partial charge in [-0.15, -0.1) is 0 Å². The minimum Gasteiger partial charge on any atom is -0.394 e. The maximum absolute atomic E-state index is 11.2. The van der Waals surface area contributed by atoms with Crippen molar-refractivity contribution in [2.24, 2.45) is 0 Å². The average Bonchev–Trinajstić information content (AvgIpc) is 2.28. The highest BCUT2D eigenvalue weighted by Crippen LogP contribution is 2.19. The molecule has 0 bridgehead atoms. The van der Waals surface area contributed by atoms with Crippen LogP contribution in [0.2, 0.25) is 0 Å². The van der Waals surface area contributed by atoms with E-state index in [-0.39, 0.29) is 0 Å². The fourth-order valence-corrected chi connectivity index (χ4v) is 2.19. The summed E-state index contributed by atoms with van der Waals surface area (Å²) in [5, 5.41) is 37.5. The molecule has 1 heterocycles. The highest BCUT2D eigenvalue weighted by Gasteiger charge is 2.43. The quantitative estimate of drug-likeness (QED) is 0.367. The first-order valence-corrected chi connectivity index (χ1v) is 6.28. The van der Waals surface area contributed by atoms with Crippen LogP contribution in [0.5, 0.6) is 0 Å². The zero-order valence-electron chi connectivity index (χ0n) is 8.81. The lowest BCUT2D eigenvalue weighted by Gasteiger charge is -2.40. The first kappa shape index (κ1) is 14.0. The van der Waals surface area contributed by atoms with Crippen molar-refractivity contribution in [1.29, 1.82) is 0 Å². The van der Waals surface area contributed by atoms with Crippen LogP contribution in [0.1, 0.15) is 6.92 Å². The van der Waals surface area contributed by atoms with Crippen molar-refractivity contribution >= 4 is 11.0 Å². The van der Waals surface area contributed by atoms with E-state index in [4.69, 9.17) is 9.84 Å². The van der Waals surface area contributed by atoms with E-state index in [1.54, 1.807) is 6.92 Å². The second-order valence-corrected chi connectivity index (χ2v) is 5.01. The van der Waals surface area contributed by atoms with E-state index in [0.717, 1.165) is 0 Å². The number of rotatable bonds is 4. The van der Waals surface area contributed by atoms with Gasteiger partial charge in [0, 0.05) is 5.75 Å². The second-order valence-electron chi connectivity index (χ2n) is 3.51. The number of aliphatic hydroxyl groups excluding tert-OH is 4. The summed E-state index contributed by atoms with van der Waals surface area (Å²) in [7, 11) is -1.42. The molecule has 6 atom stereocenters. The van der Waals surface area contributed by atoms with Crippen molar-refractivity contribution in [2.45, 2.75) is 37.6 Å². The van der Waals surface area contributed by atoms with Crippen molar-refractivity contribution in [1.82, 2.24) is 4.72 Å². The van der Waals surface area contributed by atoms with Crippen LogP contribution in [0.3, 0.4) is 0 Å². The fourth-order valence-electron chi connectivity index (χ4n) is 1.46. The van der Waals surface area contributed by atoms with E-state index in [1.165, 1.54) is 0 Å². The summed E-state index contributed by atoms with van der Waals surface area (Å²) in [4.78, 5) is 0. The van der Waals surface area contributed by atoms with Gasteiger partial charge in [-0.2, -0.15) is 0 Å². The van der Waals surface area contributed by atoms with Crippen molar-refractivity contribution in [3.63, 3.8) is 0 Å². The van der Waals surface area contributed by atoms with E-state index >= 15 is 0 Å². The van der Waals surface area contributed by atoms with Gasteiger partial charge in [0.1, 0.15) is 18.3 Å². The largest absolute Gasteiger partial charge is 0.394 e. The molecule has 1 aliphatic heterocycles. The molecule has 0 saturated carbocycles. The maximum Gasteiger partial charge on any atom is 0.174 e. The molecule has 0 aromatic heterocycles. The SMILES string of the molecule is CCS(=O)NC1C(O)OC(CO)C(O)C1O. The van der Waals surface area contributed by atoms with E-state index in [1.807, 2.05) is 0 Å². The third-order valence-corrected chi connectivity index (χ3v) is 3.49. The predicted molar refractivity (Wildman–Crippen MR) is 55.6 cm³/mol. The van der Waals surface area contributed by atoms with Crippen LogP contribution in [-0.4, -0.2) is 67.6 Å². The molecule has 0 spiro atoms. The van der Waals surface area contributed by atoms with Crippen molar-refractivity contribution in [2.75, 3.05) is 12.4 Å². The zero-order chi connectivity index (χ0) is 12.3. The van der Waals surface area contributed by atoms with Crippen molar-refractivity contribution in [3.05, 3.63) is 0 Å². The Morgan fingerprint density at radius 2 is 1.94 bits per heavy atom. The normalized spacial score (nSPS) is 41.9. The monoisotopic (exact) mass is 255 g/mol. The molecule has 0 amide bonds. The molecule has 1 fully saturated rings. The molecule has 5 N–H and O–H groups in total. The molecule has 96 valence electrons. The van der Waals surface area contributed by atoms with E-state index < -0.39 is 48.2 Å². The fraction of sp³-hybridized carbons (Fsp3) is 1.00. The molecule has 1 rings (SSSR count). The highest BCUT2D eigenvalue weighted by atomic mass is 32.2. The van der Waals surface area contributed by atoms with E-state index in [9.17, 15) is 19.5 Å². The molecule has 0 radical (unpaired) electrons. The third-order valence-electron chi connectivity index (χ3n) is 2.43. The van der Waals surface area contributed by atoms with Crippen molar-refractivity contribution < 1.29 is 29.4 Å². The van der Waals surface area contributed by atoms with Gasteiger partial charge in [-0.1, -0.05) is 6.92 Å². The smallest absolute Gasteiger partial charge is 0.174 e. The lowest BCUT2D eigenvalue weighted by molar-refractivity contribution is -0.251. The maximum atomic E-state index is 11.2. The summed E-state index contributed by atoms with van der Waals surface area (Å²) >= 11 is 0. The van der Waals surface area contributed by atoms with Crippen LogP contribution in [0.25, 0.3) is 0 Å². The molecule has 1 aliphatic rings. The molecular formula is C8H17NO6S. The average molecular weight is 255 g/mol. The van der Waals surface area contributed by atoms with Gasteiger partial charge >= 0.3 is 0 Å². The molecular weight excluding hydrogens is 238 g/mol. The molecule has 0 aromatic carbocycles. The molecule has 7 nitrogen and oxygen atoms in total. The van der Waals surface area contributed by atoms with Gasteiger partial charge in [-0.05, 0) is 0 Å². The molecule has 8 heteroatoms. The third kappa shape index (κ3) is 2.98. The minimum absolute atomic E-state index is 0.301. The second kappa shape index (κ2) is 6.01. The summed E-state index contributed by atoms with van der Waals surface area (Å²) in [5.41, 5.74) is 0. The Balaban J connectivity index is 2.67. The molecule has 0 aliphatic carbocycles. The zero-order valence-corrected chi connectivity index (χ0v) is 9.63. The summed E-state index contributed by atoms with van der Waals surface area (Å²) in [6.07, 6.45) is -5.15. The van der Waals surface area contributed by atoms with E-state index in [0.29, 0.717) is 5.75 Å². The molecule has 1 saturated heterocycles. The Bertz CT molecular complexity index is 253. The number of nitrogens with one attached hydrogen (secondary N) is 1. The first-order valence-electron chi connectivity index (χ1n) is 4.96. The lowest BCUT2D eigenvalue weighted by Crippen LogP contribution is -2.63. The topological polar surface area (TPSA) is 119 Å². The Kier molecular flexibility index (Phi) is 5.25. The lowest BCUT2D eigenvalue weighted by atomic mass is 9.98. The number of ether oxygens (including phenoxy) is 1. The van der Waals surface area contributed by atoms with Gasteiger partial charge in [0.25, 0.3) is 0 Å². The standard InChI is InChI=1S/C8H17NO6S/c1-2-16(14)9-5-7(12)6(11)4(3-10)15-8(5)13/h4-13H,2-3H2,1H3. The van der Waals surface area contributed by atoms with E-state index in [2.05, 4.69) is 4.72 Å². The Hall–Kier alpha value is -0.0900. The Morgan fingerprint density at radius 3 is 2.44 bits per heavy atom. The number of hydrogen-bond donors (Lipinski definition) is 5. The van der Waals surface area contributed by atoms with Crippen LogP contribution in [0, 0.1) is 0 Å².